The summed E-state index contributed by atoms with van der Waals surface area (Å²) in [6.07, 6.45) is 4.47. The van der Waals surface area contributed by atoms with Crippen molar-refractivity contribution >= 4 is 35.1 Å². The number of benzene rings is 1. The van der Waals surface area contributed by atoms with Gasteiger partial charge in [0.15, 0.2) is 0 Å². The molecule has 1 aliphatic carbocycles. The van der Waals surface area contributed by atoms with Crippen molar-refractivity contribution in [1.29, 1.82) is 0 Å². The minimum Gasteiger partial charge on any atom is -0.342 e. The molecule has 34 heavy (non-hydrogen) atoms. The maximum absolute atomic E-state index is 12.9. The lowest BCUT2D eigenvalue weighted by Gasteiger charge is -2.35. The van der Waals surface area contributed by atoms with Crippen LogP contribution in [0.25, 0.3) is 10.4 Å². The van der Waals surface area contributed by atoms with Crippen LogP contribution in [0.15, 0.2) is 29.4 Å². The summed E-state index contributed by atoms with van der Waals surface area (Å²) in [7, 11) is 0. The van der Waals surface area contributed by atoms with Crippen LogP contribution in [-0.4, -0.2) is 54.3 Å². The summed E-state index contributed by atoms with van der Waals surface area (Å²) in [4.78, 5) is 55.1. The summed E-state index contributed by atoms with van der Waals surface area (Å²) in [6.45, 7) is 1.45. The Balaban J connectivity index is 1.24. The molecule has 0 aromatic heterocycles. The van der Waals surface area contributed by atoms with Crippen molar-refractivity contribution in [3.63, 3.8) is 0 Å². The van der Waals surface area contributed by atoms with Gasteiger partial charge >= 0.3 is 6.03 Å². The molecular weight excluding hydrogens is 438 g/mol. The van der Waals surface area contributed by atoms with Gasteiger partial charge in [-0.3, -0.25) is 24.6 Å². The Morgan fingerprint density at radius 1 is 0.971 bits per heavy atom. The molecule has 0 bridgehead atoms. The normalized spacial score (nSPS) is 23.6. The lowest BCUT2D eigenvalue weighted by molar-refractivity contribution is -0.139. The Labute approximate surface area is 197 Å². The summed E-state index contributed by atoms with van der Waals surface area (Å²) in [5.41, 5.74) is 9.86. The highest BCUT2D eigenvalue weighted by atomic mass is 16.2. The van der Waals surface area contributed by atoms with Crippen molar-refractivity contribution in [3.8, 4) is 0 Å². The van der Waals surface area contributed by atoms with Crippen LogP contribution in [0.4, 0.5) is 16.2 Å². The number of rotatable bonds is 5. The molecule has 3 aliphatic rings. The van der Waals surface area contributed by atoms with Crippen molar-refractivity contribution in [2.75, 3.05) is 29.9 Å². The molecule has 5 amide bonds. The number of imide groups is 1. The smallest absolute Gasteiger partial charge is 0.328 e. The largest absolute Gasteiger partial charge is 0.342 e. The van der Waals surface area contributed by atoms with Crippen LogP contribution in [0.3, 0.4) is 0 Å². The molecule has 2 aliphatic heterocycles. The monoisotopic (exact) mass is 467 g/mol. The summed E-state index contributed by atoms with van der Waals surface area (Å²) >= 11 is 0. The van der Waals surface area contributed by atoms with E-state index in [-0.39, 0.29) is 42.0 Å². The van der Waals surface area contributed by atoms with E-state index in [9.17, 15) is 19.2 Å². The first-order chi connectivity index (χ1) is 16.4. The summed E-state index contributed by atoms with van der Waals surface area (Å²) in [5.74, 6) is -0.388. The van der Waals surface area contributed by atoms with Gasteiger partial charge < -0.3 is 10.2 Å². The molecule has 180 valence electrons. The van der Waals surface area contributed by atoms with E-state index in [4.69, 9.17) is 5.53 Å². The summed E-state index contributed by atoms with van der Waals surface area (Å²) < 4.78 is 0. The fourth-order valence-electron chi connectivity index (χ4n) is 4.91. The van der Waals surface area contributed by atoms with Crippen molar-refractivity contribution in [2.45, 2.75) is 51.0 Å². The van der Waals surface area contributed by atoms with Crippen LogP contribution in [-0.2, 0) is 14.4 Å². The third-order valence-electron chi connectivity index (χ3n) is 6.94. The van der Waals surface area contributed by atoms with Crippen LogP contribution in [0.1, 0.15) is 44.9 Å². The van der Waals surface area contributed by atoms with E-state index in [1.54, 1.807) is 24.3 Å². The first-order valence-corrected chi connectivity index (χ1v) is 11.8. The first kappa shape index (κ1) is 23.6. The molecule has 3 fully saturated rings. The van der Waals surface area contributed by atoms with Crippen molar-refractivity contribution in [3.05, 3.63) is 34.7 Å². The third-order valence-corrected chi connectivity index (χ3v) is 6.94. The van der Waals surface area contributed by atoms with E-state index in [2.05, 4.69) is 20.7 Å². The average Bonchev–Trinajstić information content (AvgIpc) is 2.85. The van der Waals surface area contributed by atoms with Crippen LogP contribution in [0, 0.1) is 11.8 Å². The number of carbonyl (C=O) groups excluding carboxylic acids is 4. The zero-order chi connectivity index (χ0) is 24.1. The Hall–Kier alpha value is -3.59. The number of nitrogens with zero attached hydrogens (tertiary/aromatic N) is 5. The van der Waals surface area contributed by atoms with Crippen LogP contribution in [0.2, 0.25) is 0 Å². The SMILES string of the molecule is [N-]=[N+]=NC1CCC(C(=O)N2CCC(C(=O)Nc3ccc(N4CCC(=O)NC4=O)cc3)CC2)CC1. The van der Waals surface area contributed by atoms with Crippen molar-refractivity contribution in [1.82, 2.24) is 10.2 Å². The van der Waals surface area contributed by atoms with Gasteiger partial charge in [0.1, 0.15) is 0 Å². The first-order valence-electron chi connectivity index (χ1n) is 11.8. The van der Waals surface area contributed by atoms with Crippen LogP contribution < -0.4 is 15.5 Å². The number of hydrogen-bond acceptors (Lipinski definition) is 5. The van der Waals surface area contributed by atoms with Gasteiger partial charge in [0.25, 0.3) is 0 Å². The Bertz CT molecular complexity index is 989. The molecular formula is C23H29N7O4. The third kappa shape index (κ3) is 5.48. The number of urea groups is 1. The minimum absolute atomic E-state index is 0.00115. The topological polar surface area (TPSA) is 148 Å². The van der Waals surface area contributed by atoms with Gasteiger partial charge in [0.2, 0.25) is 17.7 Å². The zero-order valence-electron chi connectivity index (χ0n) is 19.0. The second-order valence-electron chi connectivity index (χ2n) is 9.10. The molecule has 2 heterocycles. The molecule has 11 heteroatoms. The molecule has 1 aromatic carbocycles. The van der Waals surface area contributed by atoms with Gasteiger partial charge in [-0.25, -0.2) is 4.79 Å². The highest BCUT2D eigenvalue weighted by molar-refractivity contribution is 6.05. The molecule has 0 spiro atoms. The number of azide groups is 1. The molecule has 1 aromatic rings. The minimum atomic E-state index is -0.446. The molecule has 1 saturated carbocycles. The number of carbonyl (C=O) groups is 4. The van der Waals surface area contributed by atoms with E-state index >= 15 is 0 Å². The van der Waals surface area contributed by atoms with Crippen molar-refractivity contribution < 1.29 is 19.2 Å². The zero-order valence-corrected chi connectivity index (χ0v) is 19.0. The van der Waals surface area contributed by atoms with Crippen molar-refractivity contribution in [2.24, 2.45) is 17.0 Å². The number of anilines is 2. The molecule has 11 nitrogen and oxygen atoms in total. The van der Waals surface area contributed by atoms with Gasteiger partial charge in [0, 0.05) is 60.2 Å². The summed E-state index contributed by atoms with van der Waals surface area (Å²) in [5, 5.41) is 8.99. The van der Waals surface area contributed by atoms with E-state index in [1.807, 2.05) is 4.90 Å². The number of piperidine rings is 1. The maximum atomic E-state index is 12.9. The second-order valence-corrected chi connectivity index (χ2v) is 9.10. The van der Waals surface area contributed by atoms with Gasteiger partial charge in [-0.05, 0) is 68.3 Å². The molecule has 0 atom stereocenters. The van der Waals surface area contributed by atoms with Gasteiger partial charge in [-0.1, -0.05) is 5.11 Å². The van der Waals surface area contributed by atoms with E-state index in [1.165, 1.54) is 4.90 Å². The lowest BCUT2D eigenvalue weighted by Crippen LogP contribution is -2.49. The molecule has 0 unspecified atom stereocenters. The van der Waals surface area contributed by atoms with Crippen LogP contribution in [0.5, 0.6) is 0 Å². The highest BCUT2D eigenvalue weighted by Crippen LogP contribution is 2.30. The van der Waals surface area contributed by atoms with E-state index in [0.29, 0.717) is 43.9 Å². The Morgan fingerprint density at radius 2 is 1.65 bits per heavy atom. The molecule has 0 radical (unpaired) electrons. The molecule has 2 N–H and O–H groups in total. The number of amides is 5. The number of likely N-dealkylation sites (tertiary alicyclic amines) is 1. The highest BCUT2D eigenvalue weighted by Gasteiger charge is 2.33. The maximum Gasteiger partial charge on any atom is 0.328 e. The fraction of sp³-hybridized carbons (Fsp3) is 0.565. The standard InChI is InChI=1S/C23H29N7O4/c24-28-27-18-3-1-16(2-4-18)22(33)29-12-9-15(10-13-29)21(32)25-17-5-7-19(8-6-17)30-14-11-20(31)26-23(30)34/h5-8,15-16,18H,1-4,9-14H2,(H,25,32)(H,26,31,34). The predicted molar refractivity (Wildman–Crippen MR) is 125 cm³/mol. The fourth-order valence-corrected chi connectivity index (χ4v) is 4.91. The van der Waals surface area contributed by atoms with E-state index < -0.39 is 6.03 Å². The average molecular weight is 468 g/mol. The summed E-state index contributed by atoms with van der Waals surface area (Å²) in [6, 6.07) is 6.51. The molecule has 2 saturated heterocycles. The van der Waals surface area contributed by atoms with E-state index in [0.717, 1.165) is 25.7 Å². The predicted octanol–water partition coefficient (Wildman–Crippen LogP) is 3.18. The second kappa shape index (κ2) is 10.6. The molecule has 4 rings (SSSR count). The lowest BCUT2D eigenvalue weighted by atomic mass is 9.84. The Kier molecular flexibility index (Phi) is 7.32. The van der Waals surface area contributed by atoms with Gasteiger partial charge in [-0.15, -0.1) is 0 Å². The number of nitrogens with one attached hydrogen (secondary N) is 2. The Morgan fingerprint density at radius 3 is 2.26 bits per heavy atom. The van der Waals surface area contributed by atoms with Crippen LogP contribution >= 0.6 is 0 Å². The van der Waals surface area contributed by atoms with Gasteiger partial charge in [-0.2, -0.15) is 0 Å². The number of hydrogen-bond donors (Lipinski definition) is 2. The quantitative estimate of drug-likeness (QED) is 0.389. The van der Waals surface area contributed by atoms with Gasteiger partial charge in [0.05, 0.1) is 0 Å².